The molecule has 5 nitrogen and oxygen atoms in total. The minimum atomic E-state index is 0.388. The molecule has 0 aliphatic carbocycles. The maximum atomic E-state index is 5.26. The van der Waals surface area contributed by atoms with Crippen molar-refractivity contribution in [2.75, 3.05) is 25.8 Å². The summed E-state index contributed by atoms with van der Waals surface area (Å²) in [5.74, 6) is 1.29. The van der Waals surface area contributed by atoms with Crippen LogP contribution in [0.1, 0.15) is 5.56 Å². The van der Waals surface area contributed by atoms with Gasteiger partial charge in [0.2, 0.25) is 0 Å². The highest BCUT2D eigenvalue weighted by Gasteiger charge is 2.05. The second kappa shape index (κ2) is 9.14. The molecule has 2 rings (SSSR count). The fourth-order valence-corrected chi connectivity index (χ4v) is 2.51. The topological polar surface area (TPSA) is 54.9 Å². The predicted octanol–water partition coefficient (Wildman–Crippen LogP) is 3.75. The quantitative estimate of drug-likeness (QED) is 0.354. The molecule has 0 aliphatic heterocycles. The highest BCUT2D eigenvalue weighted by Crippen LogP contribution is 2.29. The molecule has 24 heavy (non-hydrogen) atoms. The Kier molecular flexibility index (Phi) is 6.89. The standard InChI is InChI=1S/C17H19N3O2S2/c1-21-15-9-6-13(10-16(15)22-2)19-17(23)20-18-11-12-4-7-14(24-3)8-5-12/h4-11H,1-3H3,(H2,19,20,23). The normalized spacial score (nSPS) is 10.5. The van der Waals surface area contributed by atoms with E-state index in [1.54, 1.807) is 44.3 Å². The summed E-state index contributed by atoms with van der Waals surface area (Å²) in [4.78, 5) is 1.21. The third kappa shape index (κ3) is 5.14. The van der Waals surface area contributed by atoms with Gasteiger partial charge in [0.15, 0.2) is 16.6 Å². The maximum absolute atomic E-state index is 5.26. The van der Waals surface area contributed by atoms with Crippen LogP contribution in [-0.4, -0.2) is 31.8 Å². The van der Waals surface area contributed by atoms with E-state index in [0.29, 0.717) is 16.6 Å². The first-order valence-corrected chi connectivity index (χ1v) is 8.75. The number of hydrogen-bond acceptors (Lipinski definition) is 5. The van der Waals surface area contributed by atoms with Crippen molar-refractivity contribution >= 4 is 41.0 Å². The minimum absolute atomic E-state index is 0.388. The van der Waals surface area contributed by atoms with Gasteiger partial charge in [-0.05, 0) is 48.3 Å². The Labute approximate surface area is 151 Å². The first-order valence-electron chi connectivity index (χ1n) is 7.12. The van der Waals surface area contributed by atoms with Crippen molar-refractivity contribution < 1.29 is 9.47 Å². The number of anilines is 1. The second-order valence-electron chi connectivity index (χ2n) is 4.67. The molecule has 0 saturated heterocycles. The van der Waals surface area contributed by atoms with Crippen molar-refractivity contribution in [3.05, 3.63) is 48.0 Å². The van der Waals surface area contributed by atoms with Gasteiger partial charge in [-0.1, -0.05) is 12.1 Å². The van der Waals surface area contributed by atoms with Gasteiger partial charge in [0.25, 0.3) is 0 Å². The molecule has 0 radical (unpaired) electrons. The highest BCUT2D eigenvalue weighted by molar-refractivity contribution is 7.98. The Morgan fingerprint density at radius 3 is 2.42 bits per heavy atom. The van der Waals surface area contributed by atoms with Crippen molar-refractivity contribution in [1.82, 2.24) is 5.43 Å². The average molecular weight is 361 g/mol. The molecule has 0 unspecified atom stereocenters. The van der Waals surface area contributed by atoms with E-state index in [4.69, 9.17) is 21.7 Å². The summed E-state index contributed by atoms with van der Waals surface area (Å²) >= 11 is 6.92. The number of methoxy groups -OCH3 is 2. The van der Waals surface area contributed by atoms with Gasteiger partial charge < -0.3 is 14.8 Å². The molecule has 0 aliphatic rings. The number of thioether (sulfide) groups is 1. The number of nitrogens with zero attached hydrogens (tertiary/aromatic N) is 1. The second-order valence-corrected chi connectivity index (χ2v) is 5.95. The summed E-state index contributed by atoms with van der Waals surface area (Å²) in [7, 11) is 3.18. The number of benzene rings is 2. The SMILES string of the molecule is COc1ccc(NC(=S)NN=Cc2ccc(SC)cc2)cc1OC. The summed E-state index contributed by atoms with van der Waals surface area (Å²) in [5.41, 5.74) is 4.56. The van der Waals surface area contributed by atoms with Gasteiger partial charge in [0.05, 0.1) is 20.4 Å². The smallest absolute Gasteiger partial charge is 0.191 e. The molecule has 0 aromatic heterocycles. The molecule has 0 atom stereocenters. The molecule has 2 aromatic rings. The number of nitrogens with one attached hydrogen (secondary N) is 2. The summed E-state index contributed by atoms with van der Waals surface area (Å²) in [6, 6.07) is 13.6. The van der Waals surface area contributed by atoms with Gasteiger partial charge in [0, 0.05) is 16.6 Å². The van der Waals surface area contributed by atoms with Gasteiger partial charge in [-0.25, -0.2) is 0 Å². The lowest BCUT2D eigenvalue weighted by molar-refractivity contribution is 0.355. The zero-order valence-electron chi connectivity index (χ0n) is 13.7. The van der Waals surface area contributed by atoms with Crippen LogP contribution in [0.15, 0.2) is 52.5 Å². The van der Waals surface area contributed by atoms with E-state index in [2.05, 4.69) is 15.8 Å². The maximum Gasteiger partial charge on any atom is 0.191 e. The van der Waals surface area contributed by atoms with Crippen LogP contribution in [0.25, 0.3) is 0 Å². The molecule has 0 bridgehead atoms. The van der Waals surface area contributed by atoms with Crippen LogP contribution in [0.3, 0.4) is 0 Å². The van der Waals surface area contributed by atoms with Gasteiger partial charge in [-0.2, -0.15) is 5.10 Å². The Morgan fingerprint density at radius 2 is 1.79 bits per heavy atom. The Morgan fingerprint density at radius 1 is 1.08 bits per heavy atom. The van der Waals surface area contributed by atoms with Crippen molar-refractivity contribution in [2.24, 2.45) is 5.10 Å². The van der Waals surface area contributed by atoms with E-state index < -0.39 is 0 Å². The molecule has 0 spiro atoms. The van der Waals surface area contributed by atoms with Gasteiger partial charge in [-0.3, -0.25) is 5.43 Å². The number of hydrazone groups is 1. The van der Waals surface area contributed by atoms with Gasteiger partial charge in [0.1, 0.15) is 0 Å². The monoisotopic (exact) mass is 361 g/mol. The largest absolute Gasteiger partial charge is 0.493 e. The van der Waals surface area contributed by atoms with Crippen LogP contribution in [0.4, 0.5) is 5.69 Å². The molecule has 0 amide bonds. The lowest BCUT2D eigenvalue weighted by Gasteiger charge is -2.11. The summed E-state index contributed by atoms with van der Waals surface area (Å²) in [5, 5.41) is 7.56. The fourth-order valence-electron chi connectivity index (χ4n) is 1.93. The van der Waals surface area contributed by atoms with Gasteiger partial charge >= 0.3 is 0 Å². The molecular weight excluding hydrogens is 342 g/mol. The van der Waals surface area contributed by atoms with E-state index >= 15 is 0 Å². The van der Waals surface area contributed by atoms with E-state index in [1.165, 1.54) is 4.90 Å². The summed E-state index contributed by atoms with van der Waals surface area (Å²) in [6.07, 6.45) is 3.76. The predicted molar refractivity (Wildman–Crippen MR) is 105 cm³/mol. The Balaban J connectivity index is 1.91. The lowest BCUT2D eigenvalue weighted by Crippen LogP contribution is -2.23. The first-order chi connectivity index (χ1) is 11.7. The fraction of sp³-hybridized carbons (Fsp3) is 0.176. The van der Waals surface area contributed by atoms with Crippen molar-refractivity contribution in [2.45, 2.75) is 4.90 Å². The third-order valence-corrected chi connectivity index (χ3v) is 4.07. The number of ether oxygens (including phenoxy) is 2. The lowest BCUT2D eigenvalue weighted by atomic mass is 10.2. The number of thiocarbonyl (C=S) groups is 1. The van der Waals surface area contributed by atoms with Crippen LogP contribution in [0.2, 0.25) is 0 Å². The molecule has 2 aromatic carbocycles. The third-order valence-electron chi connectivity index (χ3n) is 3.14. The van der Waals surface area contributed by atoms with Crippen LogP contribution < -0.4 is 20.2 Å². The van der Waals surface area contributed by atoms with Crippen LogP contribution in [0, 0.1) is 0 Å². The van der Waals surface area contributed by atoms with E-state index in [0.717, 1.165) is 11.3 Å². The zero-order chi connectivity index (χ0) is 17.4. The van der Waals surface area contributed by atoms with Gasteiger partial charge in [-0.15, -0.1) is 11.8 Å². The molecule has 7 heteroatoms. The molecule has 0 saturated carbocycles. The van der Waals surface area contributed by atoms with Crippen LogP contribution in [0.5, 0.6) is 11.5 Å². The first kappa shape index (κ1) is 18.1. The van der Waals surface area contributed by atoms with Crippen molar-refractivity contribution in [1.29, 1.82) is 0 Å². The molecule has 0 heterocycles. The zero-order valence-corrected chi connectivity index (χ0v) is 15.3. The van der Waals surface area contributed by atoms with Crippen molar-refractivity contribution in [3.63, 3.8) is 0 Å². The molecular formula is C17H19N3O2S2. The molecule has 0 fully saturated rings. The van der Waals surface area contributed by atoms with Crippen LogP contribution >= 0.6 is 24.0 Å². The summed E-state index contributed by atoms with van der Waals surface area (Å²) in [6.45, 7) is 0. The molecule has 2 N–H and O–H groups in total. The molecule has 126 valence electrons. The summed E-state index contributed by atoms with van der Waals surface area (Å²) < 4.78 is 10.5. The highest BCUT2D eigenvalue weighted by atomic mass is 32.2. The van der Waals surface area contributed by atoms with E-state index in [1.807, 2.05) is 36.6 Å². The number of rotatable bonds is 6. The van der Waals surface area contributed by atoms with E-state index in [9.17, 15) is 0 Å². The Hall–Kier alpha value is -2.25. The Bertz CT molecular complexity index is 718. The van der Waals surface area contributed by atoms with Crippen LogP contribution in [-0.2, 0) is 0 Å². The average Bonchev–Trinajstić information content (AvgIpc) is 2.62. The van der Waals surface area contributed by atoms with Crippen molar-refractivity contribution in [3.8, 4) is 11.5 Å². The van der Waals surface area contributed by atoms with E-state index in [-0.39, 0.29) is 0 Å². The number of hydrogen-bond donors (Lipinski definition) is 2. The minimum Gasteiger partial charge on any atom is -0.493 e.